The van der Waals surface area contributed by atoms with Crippen LogP contribution in [0.3, 0.4) is 0 Å². The number of rotatable bonds is 5. The summed E-state index contributed by atoms with van der Waals surface area (Å²) in [5, 5.41) is 4.34. The van der Waals surface area contributed by atoms with Crippen LogP contribution in [0.4, 0.5) is 5.82 Å². The highest BCUT2D eigenvalue weighted by molar-refractivity contribution is 7.99. The Hall–Kier alpha value is -1.89. The second kappa shape index (κ2) is 6.15. The van der Waals surface area contributed by atoms with Gasteiger partial charge in [-0.15, -0.1) is 0 Å². The number of aromatic amines is 1. The first-order valence-electron chi connectivity index (χ1n) is 5.57. The summed E-state index contributed by atoms with van der Waals surface area (Å²) in [4.78, 5) is 26.3. The quantitative estimate of drug-likeness (QED) is 0.796. The van der Waals surface area contributed by atoms with E-state index in [-0.39, 0.29) is 5.56 Å². The van der Waals surface area contributed by atoms with Crippen LogP contribution in [0.5, 0.6) is 0 Å². The van der Waals surface area contributed by atoms with Gasteiger partial charge in [0.25, 0.3) is 5.56 Å². The molecule has 0 saturated carbocycles. The van der Waals surface area contributed by atoms with Crippen molar-refractivity contribution in [3.05, 3.63) is 35.0 Å². The van der Waals surface area contributed by atoms with Crippen LogP contribution in [0, 0.1) is 0 Å². The highest BCUT2D eigenvalue weighted by atomic mass is 32.2. The van der Waals surface area contributed by atoms with Gasteiger partial charge in [-0.2, -0.15) is 0 Å². The number of nitrogens with one attached hydrogen (secondary N) is 2. The molecule has 0 fully saturated rings. The molecule has 0 aliphatic heterocycles. The van der Waals surface area contributed by atoms with Gasteiger partial charge < -0.3 is 10.3 Å². The van der Waals surface area contributed by atoms with Crippen LogP contribution >= 0.6 is 11.8 Å². The molecule has 0 aliphatic carbocycles. The molecule has 0 bridgehead atoms. The maximum Gasteiger partial charge on any atom is 0.251 e. The minimum absolute atomic E-state index is 0.180. The fraction of sp³-hybridized carbons (Fsp3) is 0.273. The van der Waals surface area contributed by atoms with Gasteiger partial charge in [-0.3, -0.25) is 9.78 Å². The molecule has 2 N–H and O–H groups in total. The van der Waals surface area contributed by atoms with Crippen molar-refractivity contribution >= 4 is 17.6 Å². The molecule has 6 nitrogen and oxygen atoms in total. The van der Waals surface area contributed by atoms with Crippen LogP contribution in [0.15, 0.2) is 39.6 Å². The maximum atomic E-state index is 11.1. The Bertz CT molecular complexity index is 571. The molecule has 0 unspecified atom stereocenters. The van der Waals surface area contributed by atoms with Crippen LogP contribution < -0.4 is 10.9 Å². The van der Waals surface area contributed by atoms with E-state index in [1.165, 1.54) is 24.0 Å². The fourth-order valence-electron chi connectivity index (χ4n) is 1.24. The summed E-state index contributed by atoms with van der Waals surface area (Å²) >= 11 is 1.27. The van der Waals surface area contributed by atoms with Gasteiger partial charge in [-0.05, 0) is 18.2 Å². The molecule has 0 amide bonds. The summed E-state index contributed by atoms with van der Waals surface area (Å²) < 4.78 is 0. The largest absolute Gasteiger partial charge is 0.369 e. The van der Waals surface area contributed by atoms with Crippen molar-refractivity contribution in [2.24, 2.45) is 0 Å². The van der Waals surface area contributed by atoms with Gasteiger partial charge >= 0.3 is 0 Å². The zero-order chi connectivity index (χ0) is 12.8. The summed E-state index contributed by atoms with van der Waals surface area (Å²) in [6.07, 6.45) is 5.79. The molecule has 2 rings (SSSR count). The molecule has 0 saturated heterocycles. The van der Waals surface area contributed by atoms with Crippen molar-refractivity contribution in [3.8, 4) is 0 Å². The highest BCUT2D eigenvalue weighted by Gasteiger charge is 2.03. The maximum absolute atomic E-state index is 11.1. The lowest BCUT2D eigenvalue weighted by Gasteiger charge is -2.04. The number of anilines is 1. The van der Waals surface area contributed by atoms with Crippen molar-refractivity contribution < 1.29 is 0 Å². The second-order valence-electron chi connectivity index (χ2n) is 3.51. The Balaban J connectivity index is 2.11. The third-order valence-electron chi connectivity index (χ3n) is 2.02. The number of nitrogens with zero attached hydrogens (tertiary/aromatic N) is 3. The molecule has 0 aliphatic rings. The van der Waals surface area contributed by atoms with Crippen LogP contribution in [-0.4, -0.2) is 26.5 Å². The lowest BCUT2D eigenvalue weighted by molar-refractivity contribution is 0.922. The molecule has 0 spiro atoms. The monoisotopic (exact) mass is 263 g/mol. The summed E-state index contributed by atoms with van der Waals surface area (Å²) in [7, 11) is 0. The average Bonchev–Trinajstić information content (AvgIpc) is 2.37. The molecular formula is C11H13N5OS. The molecule has 0 aromatic carbocycles. The summed E-state index contributed by atoms with van der Waals surface area (Å²) in [5.41, 5.74) is -0.180. The molecule has 2 aromatic heterocycles. The van der Waals surface area contributed by atoms with E-state index in [4.69, 9.17) is 0 Å². The van der Waals surface area contributed by atoms with Crippen LogP contribution in [0.2, 0.25) is 0 Å². The van der Waals surface area contributed by atoms with Gasteiger partial charge in [0, 0.05) is 18.8 Å². The lowest BCUT2D eigenvalue weighted by Crippen LogP contribution is -2.06. The minimum atomic E-state index is -0.180. The number of aromatic nitrogens is 4. The summed E-state index contributed by atoms with van der Waals surface area (Å²) in [6.45, 7) is 2.93. The standard InChI is InChI=1S/C11H13N5OS/c1-2-4-13-8-6-12-7-10(15-8)18-11-14-5-3-9(17)16-11/h3,5-7H,2,4H2,1H3,(H,13,15)(H,14,16,17). The molecule has 7 heteroatoms. The third-order valence-corrected chi connectivity index (χ3v) is 2.82. The second-order valence-corrected chi connectivity index (χ2v) is 4.52. The Labute approximate surface area is 108 Å². The molecule has 2 heterocycles. The van der Waals surface area contributed by atoms with Gasteiger partial charge in [-0.1, -0.05) is 6.92 Å². The van der Waals surface area contributed by atoms with Crippen molar-refractivity contribution in [2.75, 3.05) is 11.9 Å². The van der Waals surface area contributed by atoms with E-state index in [0.29, 0.717) is 10.2 Å². The third kappa shape index (κ3) is 3.56. The van der Waals surface area contributed by atoms with Crippen molar-refractivity contribution in [3.63, 3.8) is 0 Å². The van der Waals surface area contributed by atoms with Gasteiger partial charge in [0.1, 0.15) is 10.8 Å². The van der Waals surface area contributed by atoms with Gasteiger partial charge in [0.2, 0.25) is 0 Å². The topological polar surface area (TPSA) is 83.6 Å². The summed E-state index contributed by atoms with van der Waals surface area (Å²) in [6, 6.07) is 1.37. The average molecular weight is 263 g/mol. The highest BCUT2D eigenvalue weighted by Crippen LogP contribution is 2.21. The van der Waals surface area contributed by atoms with Crippen molar-refractivity contribution in [1.82, 2.24) is 19.9 Å². The molecular weight excluding hydrogens is 250 g/mol. The molecule has 0 atom stereocenters. The predicted molar refractivity (Wildman–Crippen MR) is 69.8 cm³/mol. The van der Waals surface area contributed by atoms with Crippen molar-refractivity contribution in [2.45, 2.75) is 23.5 Å². The normalized spacial score (nSPS) is 10.3. The Morgan fingerprint density at radius 2 is 2.33 bits per heavy atom. The first-order chi connectivity index (χ1) is 8.78. The number of hydrogen-bond donors (Lipinski definition) is 2. The first-order valence-corrected chi connectivity index (χ1v) is 6.38. The van der Waals surface area contributed by atoms with Crippen molar-refractivity contribution in [1.29, 1.82) is 0 Å². The summed E-state index contributed by atoms with van der Waals surface area (Å²) in [5.74, 6) is 0.722. The molecule has 18 heavy (non-hydrogen) atoms. The predicted octanol–water partition coefficient (Wildman–Crippen LogP) is 1.53. The fourth-order valence-corrected chi connectivity index (χ4v) is 1.96. The van der Waals surface area contributed by atoms with Crippen LogP contribution in [0.25, 0.3) is 0 Å². The Kier molecular flexibility index (Phi) is 4.30. The zero-order valence-electron chi connectivity index (χ0n) is 9.88. The zero-order valence-corrected chi connectivity index (χ0v) is 10.7. The Morgan fingerprint density at radius 3 is 3.11 bits per heavy atom. The van der Waals surface area contributed by atoms with E-state index in [0.717, 1.165) is 18.8 Å². The van der Waals surface area contributed by atoms with Crippen LogP contribution in [-0.2, 0) is 0 Å². The molecule has 0 radical (unpaired) electrons. The van der Waals surface area contributed by atoms with E-state index in [1.54, 1.807) is 12.4 Å². The van der Waals surface area contributed by atoms with E-state index < -0.39 is 0 Å². The van der Waals surface area contributed by atoms with E-state index in [9.17, 15) is 4.79 Å². The first kappa shape index (κ1) is 12.6. The number of hydrogen-bond acceptors (Lipinski definition) is 6. The van der Waals surface area contributed by atoms with E-state index in [2.05, 4.69) is 32.2 Å². The van der Waals surface area contributed by atoms with E-state index in [1.807, 2.05) is 0 Å². The van der Waals surface area contributed by atoms with Gasteiger partial charge in [-0.25, -0.2) is 9.97 Å². The smallest absolute Gasteiger partial charge is 0.251 e. The molecule has 94 valence electrons. The lowest BCUT2D eigenvalue weighted by atomic mass is 10.5. The minimum Gasteiger partial charge on any atom is -0.369 e. The molecule has 2 aromatic rings. The van der Waals surface area contributed by atoms with E-state index >= 15 is 0 Å². The SMILES string of the molecule is CCCNc1cncc(Sc2nccc(=O)[nH]2)n1. The Morgan fingerprint density at radius 1 is 1.44 bits per heavy atom. The van der Waals surface area contributed by atoms with Crippen LogP contribution in [0.1, 0.15) is 13.3 Å². The van der Waals surface area contributed by atoms with Gasteiger partial charge in [0.15, 0.2) is 5.16 Å². The number of H-pyrrole nitrogens is 1. The van der Waals surface area contributed by atoms with Gasteiger partial charge in [0.05, 0.1) is 12.4 Å².